The van der Waals surface area contributed by atoms with Crippen LogP contribution in [0.25, 0.3) is 0 Å². The second kappa shape index (κ2) is 5.29. The Morgan fingerprint density at radius 3 is 2.65 bits per heavy atom. The van der Waals surface area contributed by atoms with Crippen LogP contribution in [0.2, 0.25) is 0 Å². The van der Waals surface area contributed by atoms with Crippen LogP contribution in [0.3, 0.4) is 0 Å². The summed E-state index contributed by atoms with van der Waals surface area (Å²) in [6, 6.07) is 3.82. The van der Waals surface area contributed by atoms with Crippen LogP contribution in [-0.4, -0.2) is 28.6 Å². The zero-order valence-electron chi connectivity index (χ0n) is 11.6. The standard InChI is InChI=1S/C12H17N5O2S/c1-12(2,3)9-4-5-13-10(6-9)7-16-20(18,19)11-14-8-15-17-11/h4-6,8,16H,7H2,1-3H3,(H,14,15,17). The predicted molar refractivity (Wildman–Crippen MR) is 73.3 cm³/mol. The number of sulfonamides is 1. The lowest BCUT2D eigenvalue weighted by atomic mass is 9.87. The molecule has 108 valence electrons. The fraction of sp³-hybridized carbons (Fsp3) is 0.417. The molecule has 2 N–H and O–H groups in total. The van der Waals surface area contributed by atoms with E-state index in [2.05, 4.69) is 45.7 Å². The summed E-state index contributed by atoms with van der Waals surface area (Å²) in [6.07, 6.45) is 2.83. The van der Waals surface area contributed by atoms with Gasteiger partial charge >= 0.3 is 0 Å². The molecule has 20 heavy (non-hydrogen) atoms. The van der Waals surface area contributed by atoms with Gasteiger partial charge in [0.05, 0.1) is 12.2 Å². The molecule has 0 atom stereocenters. The Hall–Kier alpha value is -1.80. The van der Waals surface area contributed by atoms with Crippen molar-refractivity contribution in [3.63, 3.8) is 0 Å². The molecule has 0 amide bonds. The first-order valence-electron chi connectivity index (χ1n) is 6.09. The number of nitrogens with zero attached hydrogens (tertiary/aromatic N) is 3. The van der Waals surface area contributed by atoms with Crippen molar-refractivity contribution in [2.75, 3.05) is 0 Å². The number of H-pyrrole nitrogens is 1. The van der Waals surface area contributed by atoms with Crippen molar-refractivity contribution < 1.29 is 8.42 Å². The minimum Gasteiger partial charge on any atom is -0.260 e. The van der Waals surface area contributed by atoms with Crippen LogP contribution in [0, 0.1) is 0 Å². The van der Waals surface area contributed by atoms with Gasteiger partial charge < -0.3 is 0 Å². The molecule has 7 nitrogen and oxygen atoms in total. The van der Waals surface area contributed by atoms with Gasteiger partial charge in [0.15, 0.2) is 0 Å². The number of hydrogen-bond donors (Lipinski definition) is 2. The molecule has 0 aromatic carbocycles. The first kappa shape index (κ1) is 14.6. The summed E-state index contributed by atoms with van der Waals surface area (Å²) in [6.45, 7) is 6.37. The molecule has 2 rings (SSSR count). The molecule has 0 radical (unpaired) electrons. The summed E-state index contributed by atoms with van der Waals surface area (Å²) in [5.41, 5.74) is 1.74. The zero-order valence-corrected chi connectivity index (χ0v) is 12.4. The zero-order chi connectivity index (χ0) is 14.8. The molecular weight excluding hydrogens is 278 g/mol. The van der Waals surface area contributed by atoms with Crippen LogP contribution in [0.4, 0.5) is 0 Å². The maximum Gasteiger partial charge on any atom is 0.276 e. The number of pyridine rings is 1. The molecule has 0 saturated carbocycles. The van der Waals surface area contributed by atoms with Crippen LogP contribution in [0.5, 0.6) is 0 Å². The Morgan fingerprint density at radius 1 is 1.30 bits per heavy atom. The summed E-state index contributed by atoms with van der Waals surface area (Å²) in [5.74, 6) is 0. The summed E-state index contributed by atoms with van der Waals surface area (Å²) in [5, 5.41) is 5.63. The Kier molecular flexibility index (Phi) is 3.87. The molecule has 2 heterocycles. The minimum absolute atomic E-state index is 0.0124. The third-order valence-corrected chi connectivity index (χ3v) is 4.00. The molecule has 2 aromatic rings. The van der Waals surface area contributed by atoms with Crippen molar-refractivity contribution >= 4 is 10.0 Å². The van der Waals surface area contributed by atoms with E-state index in [0.29, 0.717) is 5.69 Å². The third-order valence-electron chi connectivity index (χ3n) is 2.77. The second-order valence-electron chi connectivity index (χ2n) is 5.40. The third kappa shape index (κ3) is 3.40. The van der Waals surface area contributed by atoms with Gasteiger partial charge in [-0.1, -0.05) is 20.8 Å². The lowest BCUT2D eigenvalue weighted by Crippen LogP contribution is -2.25. The van der Waals surface area contributed by atoms with E-state index >= 15 is 0 Å². The van der Waals surface area contributed by atoms with Gasteiger partial charge in [0.2, 0.25) is 0 Å². The van der Waals surface area contributed by atoms with Gasteiger partial charge in [-0.05, 0) is 23.1 Å². The molecule has 0 aliphatic rings. The lowest BCUT2D eigenvalue weighted by Gasteiger charge is -2.19. The molecule has 2 aromatic heterocycles. The van der Waals surface area contributed by atoms with Crippen molar-refractivity contribution in [3.05, 3.63) is 35.9 Å². The van der Waals surface area contributed by atoms with E-state index in [0.717, 1.165) is 11.9 Å². The van der Waals surface area contributed by atoms with Gasteiger partial charge in [-0.2, -0.15) is 5.10 Å². The Morgan fingerprint density at radius 2 is 2.05 bits per heavy atom. The average molecular weight is 295 g/mol. The summed E-state index contributed by atoms with van der Waals surface area (Å²) < 4.78 is 26.2. The maximum absolute atomic E-state index is 11.9. The molecule has 0 aliphatic heterocycles. The second-order valence-corrected chi connectivity index (χ2v) is 7.08. The van der Waals surface area contributed by atoms with Crippen LogP contribution < -0.4 is 4.72 Å². The average Bonchev–Trinajstić information content (AvgIpc) is 2.90. The first-order valence-corrected chi connectivity index (χ1v) is 7.58. The van der Waals surface area contributed by atoms with E-state index in [4.69, 9.17) is 0 Å². The van der Waals surface area contributed by atoms with Gasteiger partial charge in [-0.3, -0.25) is 4.98 Å². The maximum atomic E-state index is 11.9. The monoisotopic (exact) mass is 295 g/mol. The smallest absolute Gasteiger partial charge is 0.260 e. The molecular formula is C12H17N5O2S. The van der Waals surface area contributed by atoms with Crippen molar-refractivity contribution in [3.8, 4) is 0 Å². The fourth-order valence-electron chi connectivity index (χ4n) is 1.60. The minimum atomic E-state index is -3.68. The molecule has 0 aliphatic carbocycles. The highest BCUT2D eigenvalue weighted by Gasteiger charge is 2.18. The van der Waals surface area contributed by atoms with Crippen molar-refractivity contribution in [1.29, 1.82) is 0 Å². The van der Waals surface area contributed by atoms with Crippen molar-refractivity contribution in [2.45, 2.75) is 37.9 Å². The quantitative estimate of drug-likeness (QED) is 0.875. The summed E-state index contributed by atoms with van der Waals surface area (Å²) in [7, 11) is -3.68. The van der Waals surface area contributed by atoms with Crippen LogP contribution in [0.1, 0.15) is 32.0 Å². The molecule has 8 heteroatoms. The van der Waals surface area contributed by atoms with Crippen LogP contribution >= 0.6 is 0 Å². The van der Waals surface area contributed by atoms with E-state index in [-0.39, 0.29) is 17.1 Å². The fourth-order valence-corrected chi connectivity index (χ4v) is 2.44. The Bertz CT molecular complexity index is 674. The molecule has 0 spiro atoms. The number of hydrogen-bond acceptors (Lipinski definition) is 5. The highest BCUT2D eigenvalue weighted by molar-refractivity contribution is 7.89. The number of nitrogens with one attached hydrogen (secondary N) is 2. The van der Waals surface area contributed by atoms with Gasteiger partial charge in [-0.15, -0.1) is 0 Å². The summed E-state index contributed by atoms with van der Waals surface area (Å²) >= 11 is 0. The normalized spacial score (nSPS) is 12.6. The van der Waals surface area contributed by atoms with E-state index < -0.39 is 10.0 Å². The molecule has 0 fully saturated rings. The Balaban J connectivity index is 2.12. The highest BCUT2D eigenvalue weighted by Crippen LogP contribution is 2.21. The number of aromatic nitrogens is 4. The van der Waals surface area contributed by atoms with E-state index in [1.54, 1.807) is 6.20 Å². The SMILES string of the molecule is CC(C)(C)c1ccnc(CNS(=O)(=O)c2ncn[nH]2)c1. The molecule has 0 bridgehead atoms. The van der Waals surface area contributed by atoms with E-state index in [9.17, 15) is 8.42 Å². The van der Waals surface area contributed by atoms with Crippen molar-refractivity contribution in [1.82, 2.24) is 24.9 Å². The van der Waals surface area contributed by atoms with E-state index in [1.807, 2.05) is 12.1 Å². The van der Waals surface area contributed by atoms with Gasteiger partial charge in [0.1, 0.15) is 6.33 Å². The topological polar surface area (TPSA) is 101 Å². The number of rotatable bonds is 4. The highest BCUT2D eigenvalue weighted by atomic mass is 32.2. The Labute approximate surface area is 117 Å². The molecule has 0 saturated heterocycles. The van der Waals surface area contributed by atoms with Gasteiger partial charge in [0, 0.05) is 6.20 Å². The van der Waals surface area contributed by atoms with Crippen molar-refractivity contribution in [2.24, 2.45) is 0 Å². The summed E-state index contributed by atoms with van der Waals surface area (Å²) in [4.78, 5) is 7.78. The first-order chi connectivity index (χ1) is 9.29. The van der Waals surface area contributed by atoms with E-state index in [1.165, 1.54) is 0 Å². The van der Waals surface area contributed by atoms with Crippen LogP contribution in [0.15, 0.2) is 29.8 Å². The van der Waals surface area contributed by atoms with Gasteiger partial charge in [0.25, 0.3) is 15.2 Å². The molecule has 0 unspecified atom stereocenters. The van der Waals surface area contributed by atoms with Gasteiger partial charge in [-0.25, -0.2) is 23.2 Å². The largest absolute Gasteiger partial charge is 0.276 e. The van der Waals surface area contributed by atoms with Crippen LogP contribution in [-0.2, 0) is 22.0 Å². The number of aromatic amines is 1. The predicted octanol–water partition coefficient (Wildman–Crippen LogP) is 0.976. The lowest BCUT2D eigenvalue weighted by molar-refractivity contribution is 0.570.